The maximum absolute atomic E-state index is 3.72. The smallest absolute Gasteiger partial charge is 0.00178 e. The van der Waals surface area contributed by atoms with Crippen molar-refractivity contribution < 1.29 is 0 Å². The molecule has 2 fully saturated rings. The lowest BCUT2D eigenvalue weighted by Crippen LogP contribution is -2.37. The summed E-state index contributed by atoms with van der Waals surface area (Å²) in [6.07, 6.45) is 16.3. The largest absolute Gasteiger partial charge is 0.316 e. The minimum atomic E-state index is 0.979. The molecular weight excluding hydrogens is 242 g/mol. The van der Waals surface area contributed by atoms with Crippen LogP contribution in [-0.2, 0) is 0 Å². The molecule has 2 saturated carbocycles. The summed E-state index contributed by atoms with van der Waals surface area (Å²) in [4.78, 5) is 0. The quantitative estimate of drug-likeness (QED) is 0.507. The minimum absolute atomic E-state index is 0.979. The lowest BCUT2D eigenvalue weighted by atomic mass is 9.66. The van der Waals surface area contributed by atoms with Gasteiger partial charge in [-0.25, -0.2) is 0 Å². The van der Waals surface area contributed by atoms with E-state index in [1.54, 1.807) is 6.42 Å². The van der Waals surface area contributed by atoms with Crippen molar-refractivity contribution >= 4 is 0 Å². The molecule has 0 aromatic rings. The summed E-state index contributed by atoms with van der Waals surface area (Å²) in [7, 11) is 0. The summed E-state index contributed by atoms with van der Waals surface area (Å²) >= 11 is 0. The summed E-state index contributed by atoms with van der Waals surface area (Å²) in [5.41, 5.74) is 0. The molecule has 0 aliphatic heterocycles. The molecule has 3 unspecified atom stereocenters. The average Bonchev–Trinajstić information content (AvgIpc) is 2.77. The van der Waals surface area contributed by atoms with E-state index in [0.29, 0.717) is 0 Å². The van der Waals surface area contributed by atoms with Gasteiger partial charge in [0.05, 0.1) is 0 Å². The first-order valence-electron chi connectivity index (χ1n) is 9.55. The molecule has 0 radical (unpaired) electrons. The van der Waals surface area contributed by atoms with Crippen LogP contribution in [0.3, 0.4) is 0 Å². The number of hydrogen-bond donors (Lipinski definition) is 1. The highest BCUT2D eigenvalue weighted by Gasteiger charge is 2.34. The maximum atomic E-state index is 3.72. The van der Waals surface area contributed by atoms with Gasteiger partial charge in [-0.3, -0.25) is 0 Å². The first kappa shape index (κ1) is 16.3. The lowest BCUT2D eigenvalue weighted by Gasteiger charge is -2.40. The van der Waals surface area contributed by atoms with Crippen molar-refractivity contribution in [2.45, 2.75) is 84.5 Å². The summed E-state index contributed by atoms with van der Waals surface area (Å²) in [6, 6.07) is 0. The second-order valence-electron chi connectivity index (χ2n) is 7.47. The zero-order valence-corrected chi connectivity index (χ0v) is 14.0. The van der Waals surface area contributed by atoms with Crippen LogP contribution in [-0.4, -0.2) is 13.1 Å². The molecule has 0 aromatic heterocycles. The van der Waals surface area contributed by atoms with Gasteiger partial charge in [0.15, 0.2) is 0 Å². The molecule has 1 heteroatoms. The van der Waals surface area contributed by atoms with E-state index in [-0.39, 0.29) is 0 Å². The molecular formula is C19H37N. The van der Waals surface area contributed by atoms with Gasteiger partial charge in [-0.1, -0.05) is 65.2 Å². The second kappa shape index (κ2) is 9.07. The van der Waals surface area contributed by atoms with Crippen molar-refractivity contribution in [2.24, 2.45) is 23.7 Å². The lowest BCUT2D eigenvalue weighted by molar-refractivity contribution is 0.106. The van der Waals surface area contributed by atoms with Crippen molar-refractivity contribution in [1.82, 2.24) is 5.32 Å². The van der Waals surface area contributed by atoms with Gasteiger partial charge >= 0.3 is 0 Å². The Morgan fingerprint density at radius 3 is 2.30 bits per heavy atom. The van der Waals surface area contributed by atoms with Gasteiger partial charge < -0.3 is 5.32 Å². The fourth-order valence-corrected chi connectivity index (χ4v) is 4.76. The van der Waals surface area contributed by atoms with E-state index in [4.69, 9.17) is 0 Å². The van der Waals surface area contributed by atoms with Crippen molar-refractivity contribution in [3.63, 3.8) is 0 Å². The van der Waals surface area contributed by atoms with E-state index < -0.39 is 0 Å². The van der Waals surface area contributed by atoms with Crippen LogP contribution in [0.1, 0.15) is 84.5 Å². The molecule has 2 rings (SSSR count). The Bertz CT molecular complexity index is 240. The average molecular weight is 280 g/mol. The highest BCUT2D eigenvalue weighted by molar-refractivity contribution is 4.86. The van der Waals surface area contributed by atoms with E-state index in [1.165, 1.54) is 77.3 Å². The summed E-state index contributed by atoms with van der Waals surface area (Å²) in [6.45, 7) is 7.20. The third kappa shape index (κ3) is 4.76. The van der Waals surface area contributed by atoms with E-state index >= 15 is 0 Å². The van der Waals surface area contributed by atoms with Gasteiger partial charge in [0.25, 0.3) is 0 Å². The molecule has 0 saturated heterocycles. The monoisotopic (exact) mass is 279 g/mol. The molecule has 118 valence electrons. The number of nitrogens with one attached hydrogen (secondary N) is 1. The van der Waals surface area contributed by atoms with Crippen molar-refractivity contribution in [1.29, 1.82) is 0 Å². The molecule has 2 aliphatic rings. The van der Waals surface area contributed by atoms with Crippen LogP contribution in [0.2, 0.25) is 0 Å². The van der Waals surface area contributed by atoms with Crippen molar-refractivity contribution in [2.75, 3.05) is 13.1 Å². The molecule has 1 N–H and O–H groups in total. The van der Waals surface area contributed by atoms with Gasteiger partial charge in [-0.15, -0.1) is 0 Å². The van der Waals surface area contributed by atoms with Crippen molar-refractivity contribution in [3.05, 3.63) is 0 Å². The standard InChI is InChI=1S/C19H37N/c1-3-13-20-15-18-12-11-16(4-2)14-19(18)17-9-7-5-6-8-10-17/h16-20H,3-15H2,1-2H3. The minimum Gasteiger partial charge on any atom is -0.316 e. The maximum Gasteiger partial charge on any atom is -0.00178 e. The first-order valence-corrected chi connectivity index (χ1v) is 9.55. The van der Waals surface area contributed by atoms with Crippen LogP contribution in [0.4, 0.5) is 0 Å². The predicted molar refractivity (Wildman–Crippen MR) is 89.0 cm³/mol. The fraction of sp³-hybridized carbons (Fsp3) is 1.00. The second-order valence-corrected chi connectivity index (χ2v) is 7.47. The fourth-order valence-electron chi connectivity index (χ4n) is 4.76. The van der Waals surface area contributed by atoms with Crippen LogP contribution >= 0.6 is 0 Å². The Labute approximate surface area is 127 Å². The molecule has 0 heterocycles. The van der Waals surface area contributed by atoms with E-state index in [9.17, 15) is 0 Å². The highest BCUT2D eigenvalue weighted by atomic mass is 14.9. The molecule has 1 nitrogen and oxygen atoms in total. The van der Waals surface area contributed by atoms with Gasteiger partial charge in [-0.2, -0.15) is 0 Å². The van der Waals surface area contributed by atoms with E-state index in [2.05, 4.69) is 19.2 Å². The molecule has 0 amide bonds. The van der Waals surface area contributed by atoms with Crippen molar-refractivity contribution in [3.8, 4) is 0 Å². The van der Waals surface area contributed by atoms with E-state index in [0.717, 1.165) is 23.7 Å². The van der Waals surface area contributed by atoms with Gasteiger partial charge in [0, 0.05) is 0 Å². The van der Waals surface area contributed by atoms with Crippen LogP contribution in [0.15, 0.2) is 0 Å². The Hall–Kier alpha value is -0.0400. The summed E-state index contributed by atoms with van der Waals surface area (Å²) in [5.74, 6) is 4.11. The highest BCUT2D eigenvalue weighted by Crippen LogP contribution is 2.43. The number of rotatable bonds is 6. The molecule has 20 heavy (non-hydrogen) atoms. The van der Waals surface area contributed by atoms with Crippen LogP contribution in [0.25, 0.3) is 0 Å². The molecule has 0 bridgehead atoms. The number of hydrogen-bond acceptors (Lipinski definition) is 1. The third-order valence-corrected chi connectivity index (χ3v) is 6.07. The van der Waals surface area contributed by atoms with Crippen LogP contribution in [0.5, 0.6) is 0 Å². The van der Waals surface area contributed by atoms with Crippen LogP contribution in [0, 0.1) is 23.7 Å². The Balaban J connectivity index is 1.92. The topological polar surface area (TPSA) is 12.0 Å². The summed E-state index contributed by atoms with van der Waals surface area (Å²) in [5, 5.41) is 3.72. The zero-order chi connectivity index (χ0) is 14.2. The Morgan fingerprint density at radius 1 is 0.900 bits per heavy atom. The van der Waals surface area contributed by atoms with Gasteiger partial charge in [-0.05, 0) is 56.0 Å². The zero-order valence-electron chi connectivity index (χ0n) is 14.0. The molecule has 0 aromatic carbocycles. The molecule has 2 aliphatic carbocycles. The summed E-state index contributed by atoms with van der Waals surface area (Å²) < 4.78 is 0. The predicted octanol–water partition coefficient (Wildman–Crippen LogP) is 5.40. The van der Waals surface area contributed by atoms with Gasteiger partial charge in [0.2, 0.25) is 0 Å². The normalized spacial score (nSPS) is 33.0. The SMILES string of the molecule is CCCNCC1CCC(CC)CC1C1CCCCCC1. The van der Waals surface area contributed by atoms with Gasteiger partial charge in [0.1, 0.15) is 0 Å². The van der Waals surface area contributed by atoms with E-state index in [1.807, 2.05) is 0 Å². The molecule has 0 spiro atoms. The Kier molecular flexibility index (Phi) is 7.41. The molecule has 3 atom stereocenters. The first-order chi connectivity index (χ1) is 9.85. The third-order valence-electron chi connectivity index (χ3n) is 6.07. The van der Waals surface area contributed by atoms with Crippen LogP contribution < -0.4 is 5.32 Å². The Morgan fingerprint density at radius 2 is 1.65 bits per heavy atom.